The minimum absolute atomic E-state index is 0.0212. The molecule has 1 atom stereocenters. The molecule has 1 unspecified atom stereocenters. The predicted octanol–water partition coefficient (Wildman–Crippen LogP) is 1.67. The summed E-state index contributed by atoms with van der Waals surface area (Å²) in [5, 5.41) is 11.6. The van der Waals surface area contributed by atoms with Crippen LogP contribution < -0.4 is 5.32 Å². The van der Waals surface area contributed by atoms with Crippen molar-refractivity contribution in [3.8, 4) is 0 Å². The van der Waals surface area contributed by atoms with E-state index in [1.54, 1.807) is 6.92 Å². The van der Waals surface area contributed by atoms with Crippen molar-refractivity contribution in [3.63, 3.8) is 0 Å². The summed E-state index contributed by atoms with van der Waals surface area (Å²) in [5.41, 5.74) is 0.484. The number of carbonyl (C=O) groups excluding carboxylic acids is 1. The average molecular weight is 311 g/mol. The quantitative estimate of drug-likeness (QED) is 0.842. The SMILES string of the molecule is Cc1cnc(C(=O)NC(CO)c2cc(F)c(F)c(F)c2)cn1. The summed E-state index contributed by atoms with van der Waals surface area (Å²) < 4.78 is 39.3. The molecule has 1 heterocycles. The Labute approximate surface area is 123 Å². The molecule has 8 heteroatoms. The van der Waals surface area contributed by atoms with Crippen LogP contribution in [0.4, 0.5) is 13.2 Å². The summed E-state index contributed by atoms with van der Waals surface area (Å²) in [4.78, 5) is 19.7. The molecule has 0 radical (unpaired) electrons. The maximum Gasteiger partial charge on any atom is 0.272 e. The molecule has 0 bridgehead atoms. The van der Waals surface area contributed by atoms with E-state index in [0.717, 1.165) is 0 Å². The lowest BCUT2D eigenvalue weighted by Gasteiger charge is -2.17. The molecule has 0 saturated carbocycles. The molecule has 0 aliphatic heterocycles. The van der Waals surface area contributed by atoms with Crippen molar-refractivity contribution in [2.45, 2.75) is 13.0 Å². The molecular weight excluding hydrogens is 299 g/mol. The molecule has 0 fully saturated rings. The van der Waals surface area contributed by atoms with Crippen LogP contribution in [0.3, 0.4) is 0 Å². The fourth-order valence-electron chi connectivity index (χ4n) is 1.75. The van der Waals surface area contributed by atoms with E-state index in [0.29, 0.717) is 17.8 Å². The number of nitrogens with zero attached hydrogens (tertiary/aromatic N) is 2. The molecule has 5 nitrogen and oxygen atoms in total. The minimum atomic E-state index is -1.61. The molecule has 0 spiro atoms. The van der Waals surface area contributed by atoms with Crippen molar-refractivity contribution in [1.29, 1.82) is 0 Å². The van der Waals surface area contributed by atoms with Gasteiger partial charge in [-0.05, 0) is 24.6 Å². The van der Waals surface area contributed by atoms with Crippen molar-refractivity contribution in [3.05, 3.63) is 58.9 Å². The minimum Gasteiger partial charge on any atom is -0.394 e. The molecule has 1 aromatic heterocycles. The highest BCUT2D eigenvalue weighted by Gasteiger charge is 2.20. The van der Waals surface area contributed by atoms with E-state index in [-0.39, 0.29) is 11.3 Å². The first-order valence-corrected chi connectivity index (χ1v) is 6.27. The Morgan fingerprint density at radius 2 is 1.86 bits per heavy atom. The highest BCUT2D eigenvalue weighted by atomic mass is 19.2. The Kier molecular flexibility index (Phi) is 4.71. The summed E-state index contributed by atoms with van der Waals surface area (Å²) >= 11 is 0. The van der Waals surface area contributed by atoms with Crippen molar-refractivity contribution in [1.82, 2.24) is 15.3 Å². The van der Waals surface area contributed by atoms with E-state index in [2.05, 4.69) is 15.3 Å². The Morgan fingerprint density at radius 3 is 2.36 bits per heavy atom. The molecule has 2 aromatic rings. The number of halogens is 3. The van der Waals surface area contributed by atoms with Gasteiger partial charge in [-0.2, -0.15) is 0 Å². The van der Waals surface area contributed by atoms with Gasteiger partial charge in [0.1, 0.15) is 5.69 Å². The normalized spacial score (nSPS) is 12.0. The number of carbonyl (C=O) groups is 1. The first kappa shape index (κ1) is 15.9. The molecule has 1 aromatic carbocycles. The van der Waals surface area contributed by atoms with Crippen molar-refractivity contribution in [2.24, 2.45) is 0 Å². The van der Waals surface area contributed by atoms with Gasteiger partial charge in [0.05, 0.1) is 24.5 Å². The van der Waals surface area contributed by atoms with Crippen LogP contribution in [0.15, 0.2) is 24.5 Å². The second-order valence-electron chi connectivity index (χ2n) is 4.55. The largest absolute Gasteiger partial charge is 0.394 e. The summed E-state index contributed by atoms with van der Waals surface area (Å²) in [6, 6.07) is 0.307. The number of hydrogen-bond acceptors (Lipinski definition) is 4. The van der Waals surface area contributed by atoms with E-state index >= 15 is 0 Å². The van der Waals surface area contributed by atoms with Gasteiger partial charge >= 0.3 is 0 Å². The number of nitrogens with one attached hydrogen (secondary N) is 1. The van der Waals surface area contributed by atoms with Crippen LogP contribution in [-0.2, 0) is 0 Å². The highest BCUT2D eigenvalue weighted by molar-refractivity contribution is 5.92. The highest BCUT2D eigenvalue weighted by Crippen LogP contribution is 2.19. The van der Waals surface area contributed by atoms with E-state index < -0.39 is 36.0 Å². The lowest BCUT2D eigenvalue weighted by Crippen LogP contribution is -2.31. The second-order valence-corrected chi connectivity index (χ2v) is 4.55. The maximum absolute atomic E-state index is 13.2. The summed E-state index contributed by atoms with van der Waals surface area (Å²) in [6.07, 6.45) is 2.60. The topological polar surface area (TPSA) is 75.1 Å². The first-order chi connectivity index (χ1) is 10.4. The van der Waals surface area contributed by atoms with Crippen molar-refractivity contribution >= 4 is 5.91 Å². The molecule has 0 saturated heterocycles. The third kappa shape index (κ3) is 3.40. The van der Waals surface area contributed by atoms with Gasteiger partial charge in [-0.15, -0.1) is 0 Å². The molecular formula is C14H12F3N3O2. The Balaban J connectivity index is 2.22. The van der Waals surface area contributed by atoms with Crippen LogP contribution in [0, 0.1) is 24.4 Å². The molecule has 2 rings (SSSR count). The van der Waals surface area contributed by atoms with Gasteiger partial charge in [-0.3, -0.25) is 9.78 Å². The zero-order valence-corrected chi connectivity index (χ0v) is 11.5. The zero-order valence-electron chi connectivity index (χ0n) is 11.5. The predicted molar refractivity (Wildman–Crippen MR) is 70.4 cm³/mol. The molecule has 22 heavy (non-hydrogen) atoms. The summed E-state index contributed by atoms with van der Waals surface area (Å²) in [5.74, 6) is -5.11. The first-order valence-electron chi connectivity index (χ1n) is 6.27. The van der Waals surface area contributed by atoms with Crippen LogP contribution in [0.5, 0.6) is 0 Å². The van der Waals surface area contributed by atoms with Crippen LogP contribution >= 0.6 is 0 Å². The van der Waals surface area contributed by atoms with E-state index in [1.807, 2.05) is 0 Å². The van der Waals surface area contributed by atoms with Crippen molar-refractivity contribution in [2.75, 3.05) is 6.61 Å². The summed E-state index contributed by atoms with van der Waals surface area (Å²) in [6.45, 7) is 1.06. The van der Waals surface area contributed by atoms with Gasteiger partial charge in [-0.25, -0.2) is 18.2 Å². The molecule has 116 valence electrons. The third-order valence-corrected chi connectivity index (χ3v) is 2.91. The van der Waals surface area contributed by atoms with Gasteiger partial charge < -0.3 is 10.4 Å². The Bertz CT molecular complexity index is 669. The summed E-state index contributed by atoms with van der Waals surface area (Å²) in [7, 11) is 0. The zero-order chi connectivity index (χ0) is 16.3. The molecule has 2 N–H and O–H groups in total. The van der Waals surface area contributed by atoms with Gasteiger partial charge in [0.2, 0.25) is 0 Å². The van der Waals surface area contributed by atoms with Gasteiger partial charge in [0.15, 0.2) is 17.5 Å². The van der Waals surface area contributed by atoms with Crippen LogP contribution in [0.1, 0.15) is 27.8 Å². The van der Waals surface area contributed by atoms with Crippen molar-refractivity contribution < 1.29 is 23.1 Å². The molecule has 1 amide bonds. The van der Waals surface area contributed by atoms with E-state index in [1.165, 1.54) is 12.4 Å². The molecule has 0 aliphatic rings. The Morgan fingerprint density at radius 1 is 1.23 bits per heavy atom. The average Bonchev–Trinajstić information content (AvgIpc) is 2.50. The Hall–Kier alpha value is -2.48. The van der Waals surface area contributed by atoms with Crippen LogP contribution in [0.25, 0.3) is 0 Å². The van der Waals surface area contributed by atoms with E-state index in [9.17, 15) is 23.1 Å². The number of hydrogen-bond donors (Lipinski definition) is 2. The van der Waals surface area contributed by atoms with Gasteiger partial charge in [-0.1, -0.05) is 0 Å². The number of aliphatic hydroxyl groups is 1. The lowest BCUT2D eigenvalue weighted by atomic mass is 10.1. The number of rotatable bonds is 4. The number of aryl methyl sites for hydroxylation is 1. The fourth-order valence-corrected chi connectivity index (χ4v) is 1.75. The standard InChI is InChI=1S/C14H12F3N3O2/c1-7-4-19-11(5-18-7)14(22)20-12(6-21)8-2-9(15)13(17)10(16)3-8/h2-5,12,21H,6H2,1H3,(H,20,22). The maximum atomic E-state index is 13.2. The van der Waals surface area contributed by atoms with Crippen LogP contribution in [0.2, 0.25) is 0 Å². The second kappa shape index (κ2) is 6.52. The number of aliphatic hydroxyl groups excluding tert-OH is 1. The fraction of sp³-hybridized carbons (Fsp3) is 0.214. The number of benzene rings is 1. The third-order valence-electron chi connectivity index (χ3n) is 2.91. The number of aromatic nitrogens is 2. The molecule has 0 aliphatic carbocycles. The lowest BCUT2D eigenvalue weighted by molar-refractivity contribution is 0.0910. The van der Waals surface area contributed by atoms with Crippen LogP contribution in [-0.4, -0.2) is 27.6 Å². The number of amides is 1. The van der Waals surface area contributed by atoms with E-state index in [4.69, 9.17) is 0 Å². The smallest absolute Gasteiger partial charge is 0.272 e. The monoisotopic (exact) mass is 311 g/mol. The van der Waals surface area contributed by atoms with Gasteiger partial charge in [0.25, 0.3) is 5.91 Å². The van der Waals surface area contributed by atoms with Gasteiger partial charge in [0, 0.05) is 6.20 Å².